The topological polar surface area (TPSA) is 164 Å². The third-order valence-corrected chi connectivity index (χ3v) is 2.34. The Hall–Kier alpha value is -3.95. The molecule has 0 saturated heterocycles. The van der Waals surface area contributed by atoms with Gasteiger partial charge in [-0.15, -0.1) is 0 Å². The summed E-state index contributed by atoms with van der Waals surface area (Å²) in [5.41, 5.74) is 1.16. The maximum Gasteiger partial charge on any atom is 0.333 e. The highest BCUT2D eigenvalue weighted by Gasteiger charge is 2.05. The van der Waals surface area contributed by atoms with Gasteiger partial charge in [-0.3, -0.25) is 0 Å². The molecule has 0 aromatic heterocycles. The SMILES string of the molecule is C=C(C)C(=O)O.C=C(C)C(=O)O.C=C(C)C(=O)O.C=C(C)C(=O)OCCOC(=O)C(=C)C.CCC. The van der Waals surface area contributed by atoms with Gasteiger partial charge in [0.25, 0.3) is 0 Å². The first kappa shape index (κ1) is 41.3. The molecule has 0 heterocycles. The molecule has 0 amide bonds. The first-order chi connectivity index (χ1) is 15.8. The summed E-state index contributed by atoms with van der Waals surface area (Å²) in [6, 6.07) is 0. The van der Waals surface area contributed by atoms with Gasteiger partial charge in [-0.05, 0) is 34.6 Å². The molecule has 10 nitrogen and oxygen atoms in total. The molecule has 0 fully saturated rings. The number of carboxylic acids is 3. The Kier molecular flexibility index (Phi) is 31.1. The fourth-order valence-electron chi connectivity index (χ4n) is 0.515. The average molecular weight is 501 g/mol. The largest absolute Gasteiger partial charge is 0.478 e. The number of carbonyl (C=O) groups is 5. The van der Waals surface area contributed by atoms with Crippen molar-refractivity contribution in [1.29, 1.82) is 0 Å². The number of ether oxygens (including phenoxy) is 2. The van der Waals surface area contributed by atoms with Crippen molar-refractivity contribution in [2.45, 2.75) is 54.9 Å². The van der Waals surface area contributed by atoms with E-state index >= 15 is 0 Å². The van der Waals surface area contributed by atoms with E-state index in [-0.39, 0.29) is 29.9 Å². The molecule has 0 aliphatic heterocycles. The van der Waals surface area contributed by atoms with Crippen molar-refractivity contribution < 1.29 is 48.8 Å². The lowest BCUT2D eigenvalue weighted by Crippen LogP contribution is -2.14. The molecule has 35 heavy (non-hydrogen) atoms. The number of hydrogen-bond acceptors (Lipinski definition) is 7. The van der Waals surface area contributed by atoms with E-state index in [1.807, 2.05) is 0 Å². The summed E-state index contributed by atoms with van der Waals surface area (Å²) < 4.78 is 9.38. The number of carbonyl (C=O) groups excluding carboxylic acids is 2. The first-order valence-corrected chi connectivity index (χ1v) is 10.1. The second kappa shape index (κ2) is 26.3. The number of esters is 2. The van der Waals surface area contributed by atoms with Gasteiger partial charge in [-0.2, -0.15) is 0 Å². The van der Waals surface area contributed by atoms with E-state index in [4.69, 9.17) is 15.3 Å². The zero-order chi connectivity index (χ0) is 29.3. The van der Waals surface area contributed by atoms with E-state index in [2.05, 4.69) is 56.2 Å². The number of aliphatic carboxylic acids is 3. The van der Waals surface area contributed by atoms with Crippen molar-refractivity contribution in [3.8, 4) is 0 Å². The molecule has 0 aromatic rings. The first-order valence-electron chi connectivity index (χ1n) is 10.1. The van der Waals surface area contributed by atoms with Crippen LogP contribution in [0.2, 0.25) is 0 Å². The minimum Gasteiger partial charge on any atom is -0.478 e. The second-order valence-corrected chi connectivity index (χ2v) is 6.80. The van der Waals surface area contributed by atoms with Crippen molar-refractivity contribution in [2.75, 3.05) is 13.2 Å². The highest BCUT2D eigenvalue weighted by Crippen LogP contribution is 1.94. The van der Waals surface area contributed by atoms with Crippen molar-refractivity contribution in [3.05, 3.63) is 60.8 Å². The Morgan fingerprint density at radius 3 is 0.743 bits per heavy atom. The van der Waals surface area contributed by atoms with Crippen LogP contribution in [0, 0.1) is 0 Å². The van der Waals surface area contributed by atoms with Gasteiger partial charge < -0.3 is 24.8 Å². The minimum absolute atomic E-state index is 0.0325. The van der Waals surface area contributed by atoms with Crippen molar-refractivity contribution >= 4 is 29.8 Å². The Morgan fingerprint density at radius 2 is 0.657 bits per heavy atom. The lowest BCUT2D eigenvalue weighted by atomic mass is 10.4. The lowest BCUT2D eigenvalue weighted by molar-refractivity contribution is -0.147. The van der Waals surface area contributed by atoms with Gasteiger partial charge in [0.1, 0.15) is 13.2 Å². The van der Waals surface area contributed by atoms with Gasteiger partial charge in [-0.1, -0.05) is 53.2 Å². The van der Waals surface area contributed by atoms with E-state index in [9.17, 15) is 24.0 Å². The molecule has 0 aliphatic rings. The maximum absolute atomic E-state index is 10.8. The summed E-state index contributed by atoms with van der Waals surface area (Å²) in [7, 11) is 0. The van der Waals surface area contributed by atoms with Gasteiger partial charge in [0.15, 0.2) is 0 Å². The van der Waals surface area contributed by atoms with E-state index in [1.54, 1.807) is 13.8 Å². The third kappa shape index (κ3) is 44.5. The van der Waals surface area contributed by atoms with Crippen LogP contribution >= 0.6 is 0 Å². The van der Waals surface area contributed by atoms with Gasteiger partial charge in [0.2, 0.25) is 0 Å². The fraction of sp³-hybridized carbons (Fsp3) is 0.400. The molecule has 200 valence electrons. The minimum atomic E-state index is -0.935. The number of rotatable bonds is 8. The second-order valence-electron chi connectivity index (χ2n) is 6.80. The highest BCUT2D eigenvalue weighted by atomic mass is 16.6. The molecule has 0 aromatic carbocycles. The Balaban J connectivity index is -0.000000120. The molecule has 0 spiro atoms. The van der Waals surface area contributed by atoms with Crippen molar-refractivity contribution in [3.63, 3.8) is 0 Å². The fourth-order valence-corrected chi connectivity index (χ4v) is 0.515. The zero-order valence-corrected chi connectivity index (χ0v) is 21.9. The summed E-state index contributed by atoms with van der Waals surface area (Å²) in [5, 5.41) is 23.7. The van der Waals surface area contributed by atoms with Crippen LogP contribution in [0.1, 0.15) is 54.9 Å². The standard InChI is InChI=1S/C10H14O4.3C4H6O2.C3H8/c1-7(2)9(11)13-5-6-14-10(12)8(3)4;3*1-3(2)4(5)6;1-3-2/h1,3,5-6H2,2,4H3;3*1H2,2H3,(H,5,6);3H2,1-2H3. The predicted molar refractivity (Wildman–Crippen MR) is 135 cm³/mol. The third-order valence-electron chi connectivity index (χ3n) is 2.34. The van der Waals surface area contributed by atoms with E-state index in [1.165, 1.54) is 27.2 Å². The van der Waals surface area contributed by atoms with E-state index < -0.39 is 29.8 Å². The smallest absolute Gasteiger partial charge is 0.333 e. The average Bonchev–Trinajstić information content (AvgIpc) is 2.72. The maximum atomic E-state index is 10.8. The molecular weight excluding hydrogens is 460 g/mol. The summed E-state index contributed by atoms with van der Waals surface area (Å²) in [5.74, 6) is -3.78. The molecule has 3 N–H and O–H groups in total. The van der Waals surface area contributed by atoms with Crippen LogP contribution in [0.4, 0.5) is 0 Å². The Morgan fingerprint density at radius 1 is 0.514 bits per heavy atom. The van der Waals surface area contributed by atoms with Crippen LogP contribution in [0.25, 0.3) is 0 Å². The van der Waals surface area contributed by atoms with Crippen LogP contribution < -0.4 is 0 Å². The normalized spacial score (nSPS) is 7.97. The van der Waals surface area contributed by atoms with Crippen LogP contribution in [0.5, 0.6) is 0 Å². The summed E-state index contributed by atoms with van der Waals surface area (Å²) in [6.45, 7) is 28.0. The predicted octanol–water partition coefficient (Wildman–Crippen LogP) is 4.58. The molecule has 10 heteroatoms. The van der Waals surface area contributed by atoms with Crippen molar-refractivity contribution in [1.82, 2.24) is 0 Å². The van der Waals surface area contributed by atoms with Gasteiger partial charge in [-0.25, -0.2) is 24.0 Å². The van der Waals surface area contributed by atoms with Crippen LogP contribution in [0.3, 0.4) is 0 Å². The van der Waals surface area contributed by atoms with Gasteiger partial charge in [0.05, 0.1) is 0 Å². The van der Waals surface area contributed by atoms with Gasteiger partial charge in [0, 0.05) is 27.9 Å². The quantitative estimate of drug-likeness (QED) is 0.244. The zero-order valence-electron chi connectivity index (χ0n) is 21.9. The molecule has 0 saturated carbocycles. The van der Waals surface area contributed by atoms with Crippen LogP contribution in [-0.4, -0.2) is 58.4 Å². The number of hydrogen-bond donors (Lipinski definition) is 3. The molecule has 0 aliphatic carbocycles. The van der Waals surface area contributed by atoms with E-state index in [0.717, 1.165) is 0 Å². The molecule has 0 radical (unpaired) electrons. The Bertz CT molecular complexity index is 652. The molecule has 0 rings (SSSR count). The Labute approximate surface area is 207 Å². The molecule has 0 atom stereocenters. The summed E-state index contributed by atoms with van der Waals surface area (Å²) in [4.78, 5) is 50.5. The monoisotopic (exact) mass is 500 g/mol. The molecule has 0 unspecified atom stereocenters. The molecular formula is C25H40O10. The van der Waals surface area contributed by atoms with E-state index in [0.29, 0.717) is 11.1 Å². The van der Waals surface area contributed by atoms with Gasteiger partial charge >= 0.3 is 29.8 Å². The van der Waals surface area contributed by atoms with Crippen LogP contribution in [0.15, 0.2) is 60.8 Å². The molecule has 0 bridgehead atoms. The lowest BCUT2D eigenvalue weighted by Gasteiger charge is -2.05. The number of carboxylic acid groups (broad SMARTS) is 3. The van der Waals surface area contributed by atoms with Crippen LogP contribution in [-0.2, 0) is 33.4 Å². The highest BCUT2D eigenvalue weighted by molar-refractivity contribution is 5.87. The summed E-state index contributed by atoms with van der Waals surface area (Å²) in [6.07, 6.45) is 1.25. The van der Waals surface area contributed by atoms with Crippen molar-refractivity contribution in [2.24, 2.45) is 0 Å². The summed E-state index contributed by atoms with van der Waals surface area (Å²) >= 11 is 0.